The van der Waals surface area contributed by atoms with Gasteiger partial charge in [-0.1, -0.05) is 72.3 Å². The Hall–Kier alpha value is -3.81. The van der Waals surface area contributed by atoms with Crippen molar-refractivity contribution in [2.75, 3.05) is 11.3 Å². The van der Waals surface area contributed by atoms with Crippen molar-refractivity contribution in [2.24, 2.45) is 0 Å². The molecule has 0 spiro atoms. The van der Waals surface area contributed by atoms with Crippen LogP contribution in [0.5, 0.6) is 5.75 Å². The lowest BCUT2D eigenvalue weighted by Gasteiger charge is -2.20. The summed E-state index contributed by atoms with van der Waals surface area (Å²) in [5, 5.41) is 3.54. The second kappa shape index (κ2) is 11.3. The zero-order valence-electron chi connectivity index (χ0n) is 19.5. The minimum absolute atomic E-state index is 0.0833. The molecule has 6 nitrogen and oxygen atoms in total. The van der Waals surface area contributed by atoms with Crippen LogP contribution in [-0.2, 0) is 14.8 Å². The lowest BCUT2D eigenvalue weighted by Crippen LogP contribution is -2.33. The fourth-order valence-electron chi connectivity index (χ4n) is 3.68. The molecule has 0 aromatic heterocycles. The standard InChI is InChI=1S/C28H25ClN2O4S/c1-20-18-25(36(33,34)31-24-14-12-23(29)13-15-24)16-17-26(20)35-19-27(32)30-28(21-8-4-2-5-9-21)22-10-6-3-7-11-22/h2-18,28,31H,19H2,1H3,(H,30,32). The van der Waals surface area contributed by atoms with Crippen molar-refractivity contribution in [1.29, 1.82) is 0 Å². The molecule has 0 radical (unpaired) electrons. The molecule has 0 bridgehead atoms. The van der Waals surface area contributed by atoms with Crippen molar-refractivity contribution in [2.45, 2.75) is 17.9 Å². The van der Waals surface area contributed by atoms with E-state index in [1.165, 1.54) is 12.1 Å². The van der Waals surface area contributed by atoms with Gasteiger partial charge in [0.25, 0.3) is 15.9 Å². The summed E-state index contributed by atoms with van der Waals surface area (Å²) in [5.41, 5.74) is 2.90. The Balaban J connectivity index is 1.42. The average Bonchev–Trinajstić information content (AvgIpc) is 2.89. The van der Waals surface area contributed by atoms with Gasteiger partial charge in [0.05, 0.1) is 10.9 Å². The number of halogens is 1. The second-order valence-corrected chi connectivity index (χ2v) is 10.3. The Bertz CT molecular complexity index is 1390. The van der Waals surface area contributed by atoms with Crippen LogP contribution in [0.3, 0.4) is 0 Å². The van der Waals surface area contributed by atoms with Gasteiger partial charge in [-0.15, -0.1) is 0 Å². The maximum Gasteiger partial charge on any atom is 0.261 e. The number of rotatable bonds is 9. The van der Waals surface area contributed by atoms with Crippen LogP contribution in [0.2, 0.25) is 5.02 Å². The molecule has 0 saturated carbocycles. The number of carbonyl (C=O) groups is 1. The summed E-state index contributed by atoms with van der Waals surface area (Å²) in [5.74, 6) is 0.125. The monoisotopic (exact) mass is 520 g/mol. The first-order valence-electron chi connectivity index (χ1n) is 11.2. The predicted octanol–water partition coefficient (Wildman–Crippen LogP) is 5.73. The SMILES string of the molecule is Cc1cc(S(=O)(=O)Nc2ccc(Cl)cc2)ccc1OCC(=O)NC(c1ccccc1)c1ccccc1. The molecule has 36 heavy (non-hydrogen) atoms. The molecule has 0 aliphatic carbocycles. The van der Waals surface area contributed by atoms with Crippen molar-refractivity contribution in [3.63, 3.8) is 0 Å². The van der Waals surface area contributed by atoms with Crippen LogP contribution in [0.25, 0.3) is 0 Å². The highest BCUT2D eigenvalue weighted by Gasteiger charge is 2.19. The maximum absolute atomic E-state index is 12.8. The second-order valence-electron chi connectivity index (χ2n) is 8.15. The maximum atomic E-state index is 12.8. The molecule has 4 rings (SSSR count). The van der Waals surface area contributed by atoms with Gasteiger partial charge in [-0.3, -0.25) is 9.52 Å². The van der Waals surface area contributed by atoms with Crippen LogP contribution in [0.4, 0.5) is 5.69 Å². The molecule has 0 aliphatic heterocycles. The molecule has 2 N–H and O–H groups in total. The zero-order valence-corrected chi connectivity index (χ0v) is 21.1. The molecular formula is C28H25ClN2O4S. The van der Waals surface area contributed by atoms with Crippen molar-refractivity contribution >= 4 is 33.2 Å². The summed E-state index contributed by atoms with van der Waals surface area (Å²) >= 11 is 5.86. The summed E-state index contributed by atoms with van der Waals surface area (Å²) in [6.07, 6.45) is 0. The highest BCUT2D eigenvalue weighted by Crippen LogP contribution is 2.25. The van der Waals surface area contributed by atoms with Crippen LogP contribution in [0.1, 0.15) is 22.7 Å². The number of benzene rings is 4. The van der Waals surface area contributed by atoms with Crippen molar-refractivity contribution in [3.05, 3.63) is 125 Å². The Morgan fingerprint density at radius 2 is 1.44 bits per heavy atom. The van der Waals surface area contributed by atoms with E-state index in [1.807, 2.05) is 60.7 Å². The molecule has 0 atom stereocenters. The van der Waals surface area contributed by atoms with E-state index in [2.05, 4.69) is 10.0 Å². The quantitative estimate of drug-likeness (QED) is 0.295. The highest BCUT2D eigenvalue weighted by molar-refractivity contribution is 7.92. The summed E-state index contributed by atoms with van der Waals surface area (Å²) in [7, 11) is -3.80. The van der Waals surface area contributed by atoms with E-state index in [0.717, 1.165) is 11.1 Å². The third-order valence-electron chi connectivity index (χ3n) is 5.48. The van der Waals surface area contributed by atoms with Crippen LogP contribution in [-0.4, -0.2) is 20.9 Å². The van der Waals surface area contributed by atoms with Gasteiger partial charge in [-0.25, -0.2) is 8.42 Å². The van der Waals surface area contributed by atoms with Crippen molar-refractivity contribution in [1.82, 2.24) is 5.32 Å². The van der Waals surface area contributed by atoms with Crippen LogP contribution < -0.4 is 14.8 Å². The Labute approximate surface area is 216 Å². The van der Waals surface area contributed by atoms with E-state index in [0.29, 0.717) is 22.0 Å². The number of amides is 1. The normalized spacial score (nSPS) is 11.2. The average molecular weight is 521 g/mol. The van der Waals surface area contributed by atoms with Gasteiger partial charge in [0, 0.05) is 10.7 Å². The molecule has 0 heterocycles. The number of aryl methyl sites for hydroxylation is 1. The molecule has 0 aliphatic rings. The van der Waals surface area contributed by atoms with E-state index < -0.39 is 10.0 Å². The summed E-state index contributed by atoms with van der Waals surface area (Å²) < 4.78 is 33.8. The minimum atomic E-state index is -3.80. The van der Waals surface area contributed by atoms with Gasteiger partial charge in [0.1, 0.15) is 5.75 Å². The molecular weight excluding hydrogens is 496 g/mol. The largest absolute Gasteiger partial charge is 0.484 e. The molecule has 4 aromatic carbocycles. The lowest BCUT2D eigenvalue weighted by atomic mass is 9.99. The number of hydrogen-bond donors (Lipinski definition) is 2. The first-order valence-corrected chi connectivity index (χ1v) is 13.1. The summed E-state index contributed by atoms with van der Waals surface area (Å²) in [6.45, 7) is 1.51. The predicted molar refractivity (Wildman–Crippen MR) is 142 cm³/mol. The molecule has 0 saturated heterocycles. The molecule has 4 aromatic rings. The van der Waals surface area contributed by atoms with Gasteiger partial charge < -0.3 is 10.1 Å². The highest BCUT2D eigenvalue weighted by atomic mass is 35.5. The molecule has 1 amide bonds. The number of anilines is 1. The third-order valence-corrected chi connectivity index (χ3v) is 7.11. The lowest BCUT2D eigenvalue weighted by molar-refractivity contribution is -0.123. The first-order chi connectivity index (χ1) is 17.3. The third kappa shape index (κ3) is 6.44. The van der Waals surface area contributed by atoms with E-state index in [9.17, 15) is 13.2 Å². The van der Waals surface area contributed by atoms with Gasteiger partial charge in [-0.05, 0) is 66.1 Å². The van der Waals surface area contributed by atoms with Crippen molar-refractivity contribution in [3.8, 4) is 5.75 Å². The number of hydrogen-bond acceptors (Lipinski definition) is 4. The zero-order chi connectivity index (χ0) is 25.5. The van der Waals surface area contributed by atoms with Gasteiger partial charge >= 0.3 is 0 Å². The number of sulfonamides is 1. The number of nitrogens with one attached hydrogen (secondary N) is 2. The molecule has 0 unspecified atom stereocenters. The van der Waals surface area contributed by atoms with E-state index in [-0.39, 0.29) is 23.5 Å². The Kier molecular flexibility index (Phi) is 7.93. The summed E-state index contributed by atoms with van der Waals surface area (Å²) in [6, 6.07) is 29.9. The van der Waals surface area contributed by atoms with Gasteiger partial charge in [0.15, 0.2) is 6.61 Å². The number of carbonyl (C=O) groups excluding carboxylic acids is 1. The Morgan fingerprint density at radius 3 is 2.00 bits per heavy atom. The fourth-order valence-corrected chi connectivity index (χ4v) is 4.95. The fraction of sp³-hybridized carbons (Fsp3) is 0.107. The molecule has 0 fully saturated rings. The van der Waals surface area contributed by atoms with Gasteiger partial charge in [-0.2, -0.15) is 0 Å². The van der Waals surface area contributed by atoms with E-state index in [1.54, 1.807) is 37.3 Å². The van der Waals surface area contributed by atoms with E-state index >= 15 is 0 Å². The molecule has 8 heteroatoms. The summed E-state index contributed by atoms with van der Waals surface area (Å²) in [4.78, 5) is 12.9. The smallest absolute Gasteiger partial charge is 0.261 e. The van der Waals surface area contributed by atoms with Crippen LogP contribution >= 0.6 is 11.6 Å². The Morgan fingerprint density at radius 1 is 0.861 bits per heavy atom. The van der Waals surface area contributed by atoms with Crippen molar-refractivity contribution < 1.29 is 17.9 Å². The van der Waals surface area contributed by atoms with Gasteiger partial charge in [0.2, 0.25) is 0 Å². The molecule has 184 valence electrons. The first kappa shape index (κ1) is 25.3. The topological polar surface area (TPSA) is 84.5 Å². The van der Waals surface area contributed by atoms with E-state index in [4.69, 9.17) is 16.3 Å². The van der Waals surface area contributed by atoms with Crippen LogP contribution in [0, 0.1) is 6.92 Å². The number of ether oxygens (including phenoxy) is 1. The van der Waals surface area contributed by atoms with Crippen LogP contribution in [0.15, 0.2) is 108 Å². The minimum Gasteiger partial charge on any atom is -0.484 e.